The van der Waals surface area contributed by atoms with Crippen LogP contribution in [0.15, 0.2) is 6.07 Å². The first-order valence-corrected chi connectivity index (χ1v) is 4.71. The van der Waals surface area contributed by atoms with Crippen LogP contribution in [0.3, 0.4) is 0 Å². The number of hydrogen-bond donors (Lipinski definition) is 0. The smallest absolute Gasteiger partial charge is 0.147 e. The molecule has 0 aliphatic carbocycles. The summed E-state index contributed by atoms with van der Waals surface area (Å²) in [7, 11) is 0. The molecule has 0 spiro atoms. The summed E-state index contributed by atoms with van der Waals surface area (Å²) in [6.07, 6.45) is 0. The summed E-state index contributed by atoms with van der Waals surface area (Å²) >= 11 is 17.1. The Hall–Kier alpha value is -0.0500. The maximum absolute atomic E-state index is 5.78. The van der Waals surface area contributed by atoms with Gasteiger partial charge in [-0.25, -0.2) is 9.97 Å². The van der Waals surface area contributed by atoms with Gasteiger partial charge in [-0.1, -0.05) is 11.6 Å². The number of alkyl halides is 2. The highest BCUT2D eigenvalue weighted by Gasteiger charge is 2.07. The third-order valence-electron chi connectivity index (χ3n) is 1.26. The van der Waals surface area contributed by atoms with Gasteiger partial charge in [0.25, 0.3) is 0 Å². The lowest BCUT2D eigenvalue weighted by atomic mass is 10.4. The average molecular weight is 226 g/mol. The van der Waals surface area contributed by atoms with Crippen LogP contribution in [0.1, 0.15) is 23.8 Å². The van der Waals surface area contributed by atoms with Crippen molar-refractivity contribution in [1.82, 2.24) is 9.97 Å². The molecule has 1 atom stereocenters. The Labute approximate surface area is 85.9 Å². The molecule has 0 fully saturated rings. The fourth-order valence-electron chi connectivity index (χ4n) is 0.730. The van der Waals surface area contributed by atoms with Crippen molar-refractivity contribution < 1.29 is 0 Å². The lowest BCUT2D eigenvalue weighted by Crippen LogP contribution is -1.98. The summed E-state index contributed by atoms with van der Waals surface area (Å²) in [5, 5.41) is 0.133. The minimum absolute atomic E-state index is 0.245. The van der Waals surface area contributed by atoms with Crippen LogP contribution >= 0.6 is 34.8 Å². The van der Waals surface area contributed by atoms with Crippen LogP contribution in [0.2, 0.25) is 5.15 Å². The van der Waals surface area contributed by atoms with E-state index < -0.39 is 0 Å². The molecule has 0 bridgehead atoms. The lowest BCUT2D eigenvalue weighted by Gasteiger charge is -2.03. The van der Waals surface area contributed by atoms with Gasteiger partial charge in [0.15, 0.2) is 0 Å². The first kappa shape index (κ1) is 10.0. The maximum atomic E-state index is 5.78. The molecule has 1 heterocycles. The van der Waals surface area contributed by atoms with Crippen LogP contribution in [-0.2, 0) is 5.88 Å². The van der Waals surface area contributed by atoms with Gasteiger partial charge in [0.05, 0.1) is 17.0 Å². The quantitative estimate of drug-likeness (QED) is 0.571. The Morgan fingerprint density at radius 1 is 1.50 bits per heavy atom. The molecule has 5 heteroatoms. The summed E-state index contributed by atoms with van der Waals surface area (Å²) in [6, 6.07) is 1.62. The van der Waals surface area contributed by atoms with Crippen LogP contribution in [0.5, 0.6) is 0 Å². The van der Waals surface area contributed by atoms with E-state index >= 15 is 0 Å². The molecule has 0 N–H and O–H groups in total. The van der Waals surface area contributed by atoms with Gasteiger partial charge in [-0.15, -0.1) is 23.2 Å². The molecule has 0 aliphatic heterocycles. The predicted octanol–water partition coefficient (Wildman–Crippen LogP) is 3.17. The zero-order chi connectivity index (χ0) is 9.14. The molecule has 1 unspecified atom stereocenters. The standard InChI is InChI=1S/C7H7Cl3N2/c1-4(9)7-11-5(3-8)2-6(10)12-7/h2,4H,3H2,1H3. The second kappa shape index (κ2) is 4.26. The Morgan fingerprint density at radius 2 is 2.17 bits per heavy atom. The van der Waals surface area contributed by atoms with Crippen molar-refractivity contribution in [2.45, 2.75) is 18.2 Å². The van der Waals surface area contributed by atoms with Crippen molar-refractivity contribution in [3.63, 3.8) is 0 Å². The van der Waals surface area contributed by atoms with Crippen molar-refractivity contribution in [2.24, 2.45) is 0 Å². The normalized spacial score (nSPS) is 13.0. The topological polar surface area (TPSA) is 25.8 Å². The largest absolute Gasteiger partial charge is 0.235 e. The van der Waals surface area contributed by atoms with E-state index in [0.29, 0.717) is 22.6 Å². The van der Waals surface area contributed by atoms with Crippen LogP contribution in [0.4, 0.5) is 0 Å². The van der Waals surface area contributed by atoms with Crippen LogP contribution < -0.4 is 0 Å². The molecule has 12 heavy (non-hydrogen) atoms. The molecule has 0 saturated carbocycles. The van der Waals surface area contributed by atoms with E-state index in [9.17, 15) is 0 Å². The molecule has 66 valence electrons. The molecule has 0 aromatic carbocycles. The SMILES string of the molecule is CC(Cl)c1nc(Cl)cc(CCl)n1. The van der Waals surface area contributed by atoms with Crippen molar-refractivity contribution in [1.29, 1.82) is 0 Å². The molecule has 1 rings (SSSR count). The molecule has 0 saturated heterocycles. The van der Waals surface area contributed by atoms with Crippen molar-refractivity contribution in [3.05, 3.63) is 22.7 Å². The van der Waals surface area contributed by atoms with Crippen LogP contribution in [0.25, 0.3) is 0 Å². The van der Waals surface area contributed by atoms with Gasteiger partial charge in [0.2, 0.25) is 0 Å². The predicted molar refractivity (Wildman–Crippen MR) is 50.9 cm³/mol. The van der Waals surface area contributed by atoms with E-state index in [4.69, 9.17) is 34.8 Å². The number of rotatable bonds is 2. The van der Waals surface area contributed by atoms with Gasteiger partial charge in [0, 0.05) is 0 Å². The number of nitrogens with zero attached hydrogens (tertiary/aromatic N) is 2. The van der Waals surface area contributed by atoms with E-state index in [0.717, 1.165) is 0 Å². The summed E-state index contributed by atoms with van der Waals surface area (Å²) in [4.78, 5) is 8.04. The molecular weight excluding hydrogens is 218 g/mol. The number of aromatic nitrogens is 2. The minimum atomic E-state index is -0.245. The van der Waals surface area contributed by atoms with Gasteiger partial charge in [-0.2, -0.15) is 0 Å². The maximum Gasteiger partial charge on any atom is 0.147 e. The van der Waals surface area contributed by atoms with E-state index in [2.05, 4.69) is 9.97 Å². The molecule has 0 radical (unpaired) electrons. The van der Waals surface area contributed by atoms with E-state index in [1.165, 1.54) is 0 Å². The average Bonchev–Trinajstić information content (AvgIpc) is 2.03. The van der Waals surface area contributed by atoms with Gasteiger partial charge >= 0.3 is 0 Å². The Bertz CT molecular complexity index is 275. The Kier molecular flexibility index (Phi) is 3.56. The van der Waals surface area contributed by atoms with Crippen molar-refractivity contribution >= 4 is 34.8 Å². The van der Waals surface area contributed by atoms with Gasteiger partial charge in [-0.05, 0) is 13.0 Å². The van der Waals surface area contributed by atoms with E-state index in [1.54, 1.807) is 13.0 Å². The summed E-state index contributed by atoms with van der Waals surface area (Å²) in [5.74, 6) is 0.832. The second-order valence-corrected chi connectivity index (χ2v) is 3.60. The first-order valence-electron chi connectivity index (χ1n) is 3.37. The molecule has 1 aromatic heterocycles. The summed E-state index contributed by atoms with van der Waals surface area (Å²) < 4.78 is 0. The number of halogens is 3. The minimum Gasteiger partial charge on any atom is -0.235 e. The highest BCUT2D eigenvalue weighted by molar-refractivity contribution is 6.29. The molecular formula is C7H7Cl3N2. The third-order valence-corrected chi connectivity index (χ3v) is 1.92. The van der Waals surface area contributed by atoms with Crippen molar-refractivity contribution in [3.8, 4) is 0 Å². The monoisotopic (exact) mass is 224 g/mol. The van der Waals surface area contributed by atoms with Crippen LogP contribution in [0, 0.1) is 0 Å². The van der Waals surface area contributed by atoms with Gasteiger partial charge < -0.3 is 0 Å². The summed E-state index contributed by atoms with van der Waals surface area (Å²) in [5.41, 5.74) is 0.694. The fourth-order valence-corrected chi connectivity index (χ4v) is 1.18. The van der Waals surface area contributed by atoms with Crippen molar-refractivity contribution in [2.75, 3.05) is 0 Å². The highest BCUT2D eigenvalue weighted by atomic mass is 35.5. The van der Waals surface area contributed by atoms with Gasteiger partial charge in [-0.3, -0.25) is 0 Å². The number of hydrogen-bond acceptors (Lipinski definition) is 2. The fraction of sp³-hybridized carbons (Fsp3) is 0.429. The Morgan fingerprint density at radius 3 is 2.67 bits per heavy atom. The zero-order valence-corrected chi connectivity index (χ0v) is 8.66. The first-order chi connectivity index (χ1) is 5.63. The van der Waals surface area contributed by atoms with E-state index in [-0.39, 0.29) is 5.38 Å². The highest BCUT2D eigenvalue weighted by Crippen LogP contribution is 2.18. The molecule has 0 amide bonds. The second-order valence-electron chi connectivity index (χ2n) is 2.29. The molecule has 0 aliphatic rings. The zero-order valence-electron chi connectivity index (χ0n) is 6.39. The molecule has 1 aromatic rings. The third kappa shape index (κ3) is 2.47. The Balaban J connectivity index is 3.06. The summed E-state index contributed by atoms with van der Waals surface area (Å²) in [6.45, 7) is 1.78. The van der Waals surface area contributed by atoms with Crippen LogP contribution in [-0.4, -0.2) is 9.97 Å². The lowest BCUT2D eigenvalue weighted by molar-refractivity contribution is 0.887. The molecule has 2 nitrogen and oxygen atoms in total. The van der Waals surface area contributed by atoms with E-state index in [1.807, 2.05) is 0 Å². The van der Waals surface area contributed by atoms with Gasteiger partial charge in [0.1, 0.15) is 11.0 Å².